The molecule has 3 heteroatoms. The van der Waals surface area contributed by atoms with Crippen LogP contribution in [0.3, 0.4) is 0 Å². The molecule has 1 rings (SSSR count). The summed E-state index contributed by atoms with van der Waals surface area (Å²) in [6.07, 6.45) is 9.08. The standard InChI is InChI=1S/C15H30N2O/c1-13(2)7-5-3-4-6-10-16-12-15(18)17-11-14-8-9-14/h13-14,16H,3-12H2,1-2H3,(H,17,18). The molecule has 1 amide bonds. The van der Waals surface area contributed by atoms with E-state index in [1.54, 1.807) is 0 Å². The van der Waals surface area contributed by atoms with Crippen molar-refractivity contribution in [3.8, 4) is 0 Å². The number of unbranched alkanes of at least 4 members (excludes halogenated alkanes) is 3. The quantitative estimate of drug-likeness (QED) is 0.557. The molecule has 0 aliphatic heterocycles. The molecule has 0 atom stereocenters. The van der Waals surface area contributed by atoms with E-state index in [9.17, 15) is 4.79 Å². The van der Waals surface area contributed by atoms with Gasteiger partial charge < -0.3 is 10.6 Å². The Labute approximate surface area is 112 Å². The predicted octanol–water partition coefficient (Wildman–Crippen LogP) is 2.71. The van der Waals surface area contributed by atoms with Gasteiger partial charge in [-0.1, -0.05) is 39.5 Å². The number of hydrogen-bond acceptors (Lipinski definition) is 2. The van der Waals surface area contributed by atoms with Crippen LogP contribution >= 0.6 is 0 Å². The zero-order valence-electron chi connectivity index (χ0n) is 12.1. The molecule has 1 saturated carbocycles. The van der Waals surface area contributed by atoms with Gasteiger partial charge in [-0.3, -0.25) is 4.79 Å². The minimum absolute atomic E-state index is 0.154. The van der Waals surface area contributed by atoms with Gasteiger partial charge in [-0.05, 0) is 37.6 Å². The zero-order chi connectivity index (χ0) is 13.2. The van der Waals surface area contributed by atoms with Gasteiger partial charge >= 0.3 is 0 Å². The molecule has 0 radical (unpaired) electrons. The Hall–Kier alpha value is -0.570. The first kappa shape index (κ1) is 15.5. The highest BCUT2D eigenvalue weighted by Crippen LogP contribution is 2.27. The predicted molar refractivity (Wildman–Crippen MR) is 76.5 cm³/mol. The molecule has 1 aliphatic rings. The molecule has 0 aromatic carbocycles. The van der Waals surface area contributed by atoms with Crippen molar-refractivity contribution >= 4 is 5.91 Å². The molecule has 0 saturated heterocycles. The summed E-state index contributed by atoms with van der Waals surface area (Å²) >= 11 is 0. The fraction of sp³-hybridized carbons (Fsp3) is 0.933. The Morgan fingerprint density at radius 2 is 1.89 bits per heavy atom. The lowest BCUT2D eigenvalue weighted by molar-refractivity contribution is -0.120. The summed E-state index contributed by atoms with van der Waals surface area (Å²) in [5.74, 6) is 1.76. The second kappa shape index (κ2) is 9.37. The van der Waals surface area contributed by atoms with E-state index < -0.39 is 0 Å². The summed E-state index contributed by atoms with van der Waals surface area (Å²) < 4.78 is 0. The molecule has 0 unspecified atom stereocenters. The van der Waals surface area contributed by atoms with E-state index in [2.05, 4.69) is 24.5 Å². The molecule has 1 aliphatic carbocycles. The van der Waals surface area contributed by atoms with Gasteiger partial charge in [-0.25, -0.2) is 0 Å². The van der Waals surface area contributed by atoms with Gasteiger partial charge in [0.2, 0.25) is 5.91 Å². The van der Waals surface area contributed by atoms with Gasteiger partial charge in [0, 0.05) is 6.54 Å². The molecule has 2 N–H and O–H groups in total. The van der Waals surface area contributed by atoms with Crippen molar-refractivity contribution in [1.29, 1.82) is 0 Å². The Kier molecular flexibility index (Phi) is 8.06. The maximum absolute atomic E-state index is 11.4. The van der Waals surface area contributed by atoms with Gasteiger partial charge in [0.05, 0.1) is 6.54 Å². The summed E-state index contributed by atoms with van der Waals surface area (Å²) in [6, 6.07) is 0. The Morgan fingerprint density at radius 3 is 2.56 bits per heavy atom. The summed E-state index contributed by atoms with van der Waals surface area (Å²) in [5, 5.41) is 6.18. The third kappa shape index (κ3) is 9.46. The van der Waals surface area contributed by atoms with E-state index in [4.69, 9.17) is 0 Å². The van der Waals surface area contributed by atoms with Crippen LogP contribution < -0.4 is 10.6 Å². The smallest absolute Gasteiger partial charge is 0.233 e. The second-order valence-corrected chi connectivity index (χ2v) is 6.02. The van der Waals surface area contributed by atoms with Gasteiger partial charge in [-0.15, -0.1) is 0 Å². The molecule has 3 nitrogen and oxygen atoms in total. The lowest BCUT2D eigenvalue weighted by Gasteiger charge is -2.06. The fourth-order valence-corrected chi connectivity index (χ4v) is 2.00. The van der Waals surface area contributed by atoms with Crippen LogP contribution in [-0.2, 0) is 4.79 Å². The highest BCUT2D eigenvalue weighted by Gasteiger charge is 2.21. The van der Waals surface area contributed by atoms with Crippen molar-refractivity contribution in [2.45, 2.75) is 58.8 Å². The number of nitrogens with one attached hydrogen (secondary N) is 2. The van der Waals surface area contributed by atoms with Crippen molar-refractivity contribution in [3.63, 3.8) is 0 Å². The molecule has 0 aromatic rings. The molecule has 1 fully saturated rings. The van der Waals surface area contributed by atoms with Crippen LogP contribution in [0.4, 0.5) is 0 Å². The normalized spacial score (nSPS) is 15.1. The van der Waals surface area contributed by atoms with Gasteiger partial charge in [0.15, 0.2) is 0 Å². The average molecular weight is 254 g/mol. The van der Waals surface area contributed by atoms with Gasteiger partial charge in [0.25, 0.3) is 0 Å². The summed E-state index contributed by atoms with van der Waals surface area (Å²) in [7, 11) is 0. The van der Waals surface area contributed by atoms with Crippen LogP contribution in [0.15, 0.2) is 0 Å². The van der Waals surface area contributed by atoms with Crippen LogP contribution in [-0.4, -0.2) is 25.5 Å². The molecule has 0 aromatic heterocycles. The van der Waals surface area contributed by atoms with Crippen molar-refractivity contribution in [3.05, 3.63) is 0 Å². The van der Waals surface area contributed by atoms with Crippen LogP contribution in [0.25, 0.3) is 0 Å². The molecule has 0 bridgehead atoms. The van der Waals surface area contributed by atoms with E-state index in [-0.39, 0.29) is 5.91 Å². The maximum Gasteiger partial charge on any atom is 0.233 e. The van der Waals surface area contributed by atoms with Crippen LogP contribution in [0.5, 0.6) is 0 Å². The number of rotatable bonds is 11. The highest BCUT2D eigenvalue weighted by molar-refractivity contribution is 5.77. The molecule has 106 valence electrons. The summed E-state index contributed by atoms with van der Waals surface area (Å²) in [6.45, 7) is 6.90. The van der Waals surface area contributed by atoms with Gasteiger partial charge in [-0.2, -0.15) is 0 Å². The first-order valence-corrected chi connectivity index (χ1v) is 7.66. The highest BCUT2D eigenvalue weighted by atomic mass is 16.1. The van der Waals surface area contributed by atoms with E-state index in [0.717, 1.165) is 24.9 Å². The monoisotopic (exact) mass is 254 g/mol. The lowest BCUT2D eigenvalue weighted by Crippen LogP contribution is -2.35. The number of carbonyl (C=O) groups is 1. The number of carbonyl (C=O) groups excluding carboxylic acids is 1. The van der Waals surface area contributed by atoms with Crippen molar-refractivity contribution in [2.75, 3.05) is 19.6 Å². The second-order valence-electron chi connectivity index (χ2n) is 6.02. The van der Waals surface area contributed by atoms with E-state index in [1.807, 2.05) is 0 Å². The first-order chi connectivity index (χ1) is 8.68. The third-order valence-electron chi connectivity index (χ3n) is 3.46. The molecule has 0 spiro atoms. The van der Waals surface area contributed by atoms with E-state index in [1.165, 1.54) is 44.9 Å². The minimum atomic E-state index is 0.154. The lowest BCUT2D eigenvalue weighted by atomic mass is 10.0. The summed E-state index contributed by atoms with van der Waals surface area (Å²) in [5.41, 5.74) is 0. The first-order valence-electron chi connectivity index (χ1n) is 7.66. The largest absolute Gasteiger partial charge is 0.355 e. The molecule has 0 heterocycles. The molecule has 18 heavy (non-hydrogen) atoms. The van der Waals surface area contributed by atoms with E-state index >= 15 is 0 Å². The fourth-order valence-electron chi connectivity index (χ4n) is 2.00. The van der Waals surface area contributed by atoms with Crippen LogP contribution in [0, 0.1) is 11.8 Å². The van der Waals surface area contributed by atoms with Crippen molar-refractivity contribution < 1.29 is 4.79 Å². The SMILES string of the molecule is CC(C)CCCCCCNCC(=O)NCC1CC1. The Morgan fingerprint density at radius 1 is 1.17 bits per heavy atom. The van der Waals surface area contributed by atoms with Crippen molar-refractivity contribution in [2.24, 2.45) is 11.8 Å². The van der Waals surface area contributed by atoms with E-state index in [0.29, 0.717) is 6.54 Å². The molecular weight excluding hydrogens is 224 g/mol. The Balaban J connectivity index is 1.75. The average Bonchev–Trinajstić information content (AvgIpc) is 3.13. The van der Waals surface area contributed by atoms with Crippen molar-refractivity contribution in [1.82, 2.24) is 10.6 Å². The third-order valence-corrected chi connectivity index (χ3v) is 3.46. The topological polar surface area (TPSA) is 41.1 Å². The van der Waals surface area contributed by atoms with Crippen LogP contribution in [0.2, 0.25) is 0 Å². The zero-order valence-corrected chi connectivity index (χ0v) is 12.1. The van der Waals surface area contributed by atoms with Crippen LogP contribution in [0.1, 0.15) is 58.8 Å². The van der Waals surface area contributed by atoms with Gasteiger partial charge in [0.1, 0.15) is 0 Å². The maximum atomic E-state index is 11.4. The Bertz CT molecular complexity index is 225. The number of amides is 1. The minimum Gasteiger partial charge on any atom is -0.355 e. The number of hydrogen-bond donors (Lipinski definition) is 2. The summed E-state index contributed by atoms with van der Waals surface area (Å²) in [4.78, 5) is 11.4. The molecular formula is C15H30N2O.